The van der Waals surface area contributed by atoms with Crippen molar-refractivity contribution in [3.05, 3.63) is 95.0 Å². The molecule has 0 atom stereocenters. The minimum absolute atomic E-state index is 0.126. The molecule has 0 saturated heterocycles. The SMILES string of the molecule is O=C(Cn1c(=O)oc2ccccc21)N(Cc1ccccc1)c1nc2ccccc2s1. The number of oxazole rings is 1. The quantitative estimate of drug-likeness (QED) is 0.426. The van der Waals surface area contributed by atoms with Crippen LogP contribution in [0, 0.1) is 0 Å². The molecular formula is C23H17N3O3S. The first-order valence-corrected chi connectivity index (χ1v) is 10.3. The van der Waals surface area contributed by atoms with Crippen molar-refractivity contribution in [1.82, 2.24) is 9.55 Å². The van der Waals surface area contributed by atoms with E-state index >= 15 is 0 Å². The maximum absolute atomic E-state index is 13.4. The van der Waals surface area contributed by atoms with Gasteiger partial charge in [0.15, 0.2) is 10.7 Å². The van der Waals surface area contributed by atoms with E-state index in [9.17, 15) is 9.59 Å². The summed E-state index contributed by atoms with van der Waals surface area (Å²) in [6, 6.07) is 24.6. The maximum atomic E-state index is 13.4. The summed E-state index contributed by atoms with van der Waals surface area (Å²) in [5.74, 6) is -0.778. The summed E-state index contributed by atoms with van der Waals surface area (Å²) in [5.41, 5.74) is 2.88. The molecule has 0 fully saturated rings. The molecule has 0 aliphatic carbocycles. The largest absolute Gasteiger partial charge is 0.420 e. The van der Waals surface area contributed by atoms with Crippen molar-refractivity contribution in [2.24, 2.45) is 0 Å². The Morgan fingerprint density at radius 2 is 1.70 bits per heavy atom. The second kappa shape index (κ2) is 7.61. The first-order valence-electron chi connectivity index (χ1n) is 9.47. The monoisotopic (exact) mass is 415 g/mol. The van der Waals surface area contributed by atoms with Crippen molar-refractivity contribution in [3.63, 3.8) is 0 Å². The number of nitrogens with zero attached hydrogens (tertiary/aromatic N) is 3. The summed E-state index contributed by atoms with van der Waals surface area (Å²) in [5, 5.41) is 0.603. The van der Waals surface area contributed by atoms with Gasteiger partial charge >= 0.3 is 5.76 Å². The van der Waals surface area contributed by atoms with E-state index in [0.29, 0.717) is 22.8 Å². The molecule has 0 unspecified atom stereocenters. The highest BCUT2D eigenvalue weighted by molar-refractivity contribution is 7.22. The fourth-order valence-corrected chi connectivity index (χ4v) is 4.37. The Balaban J connectivity index is 1.54. The second-order valence-electron chi connectivity index (χ2n) is 6.85. The van der Waals surface area contributed by atoms with Crippen molar-refractivity contribution in [2.45, 2.75) is 13.1 Å². The normalized spacial score (nSPS) is 11.2. The number of amides is 1. The van der Waals surface area contributed by atoms with Crippen LogP contribution in [-0.4, -0.2) is 15.5 Å². The highest BCUT2D eigenvalue weighted by Crippen LogP contribution is 2.30. The summed E-state index contributed by atoms with van der Waals surface area (Å²) >= 11 is 1.46. The van der Waals surface area contributed by atoms with Gasteiger partial charge in [0.05, 0.1) is 22.3 Å². The van der Waals surface area contributed by atoms with Crippen LogP contribution in [0.2, 0.25) is 0 Å². The van der Waals surface area contributed by atoms with Gasteiger partial charge in [-0.05, 0) is 29.8 Å². The number of carbonyl (C=O) groups is 1. The van der Waals surface area contributed by atoms with Crippen molar-refractivity contribution < 1.29 is 9.21 Å². The lowest BCUT2D eigenvalue weighted by atomic mass is 10.2. The van der Waals surface area contributed by atoms with Crippen LogP contribution in [0.5, 0.6) is 0 Å². The summed E-state index contributed by atoms with van der Waals surface area (Å²) in [6.45, 7) is 0.239. The van der Waals surface area contributed by atoms with E-state index in [-0.39, 0.29) is 12.5 Å². The third kappa shape index (κ3) is 3.40. The molecule has 148 valence electrons. The van der Waals surface area contributed by atoms with E-state index in [1.54, 1.807) is 23.1 Å². The molecule has 0 bridgehead atoms. The van der Waals surface area contributed by atoms with Crippen LogP contribution >= 0.6 is 11.3 Å². The minimum Gasteiger partial charge on any atom is -0.408 e. The predicted octanol–water partition coefficient (Wildman–Crippen LogP) is 4.44. The van der Waals surface area contributed by atoms with Gasteiger partial charge in [-0.25, -0.2) is 9.78 Å². The molecule has 2 heterocycles. The van der Waals surface area contributed by atoms with Crippen LogP contribution < -0.4 is 10.7 Å². The van der Waals surface area contributed by atoms with Gasteiger partial charge in [-0.2, -0.15) is 0 Å². The van der Waals surface area contributed by atoms with Gasteiger partial charge in [0.1, 0.15) is 6.54 Å². The van der Waals surface area contributed by atoms with Crippen LogP contribution in [0.3, 0.4) is 0 Å². The smallest absolute Gasteiger partial charge is 0.408 e. The number of carbonyl (C=O) groups excluding carboxylic acids is 1. The van der Waals surface area contributed by atoms with Crippen LogP contribution in [0.15, 0.2) is 88.1 Å². The second-order valence-corrected chi connectivity index (χ2v) is 7.86. The van der Waals surface area contributed by atoms with Gasteiger partial charge in [-0.3, -0.25) is 14.3 Å². The van der Waals surface area contributed by atoms with E-state index in [1.807, 2.05) is 60.7 Å². The Labute approximate surface area is 175 Å². The van der Waals surface area contributed by atoms with Crippen LogP contribution in [0.25, 0.3) is 21.3 Å². The van der Waals surface area contributed by atoms with Crippen molar-refractivity contribution >= 4 is 43.7 Å². The van der Waals surface area contributed by atoms with Gasteiger partial charge in [-0.15, -0.1) is 0 Å². The molecule has 0 aliphatic rings. The fourth-order valence-electron chi connectivity index (χ4n) is 3.39. The number of fused-ring (bicyclic) bond motifs is 2. The van der Waals surface area contributed by atoms with E-state index in [0.717, 1.165) is 15.8 Å². The molecule has 0 spiro atoms. The topological polar surface area (TPSA) is 68.3 Å². The van der Waals surface area contributed by atoms with Gasteiger partial charge in [0.2, 0.25) is 5.91 Å². The van der Waals surface area contributed by atoms with Gasteiger partial charge in [0, 0.05) is 0 Å². The summed E-state index contributed by atoms with van der Waals surface area (Å²) in [7, 11) is 0. The highest BCUT2D eigenvalue weighted by Gasteiger charge is 2.22. The summed E-state index contributed by atoms with van der Waals surface area (Å²) < 4.78 is 7.64. The van der Waals surface area contributed by atoms with Crippen molar-refractivity contribution in [2.75, 3.05) is 4.90 Å². The number of para-hydroxylation sites is 3. The summed E-state index contributed by atoms with van der Waals surface area (Å²) in [4.78, 5) is 32.0. The molecule has 0 aliphatic heterocycles. The lowest BCUT2D eigenvalue weighted by Crippen LogP contribution is -2.35. The number of anilines is 1. The Bertz CT molecular complexity index is 1370. The van der Waals surface area contributed by atoms with Gasteiger partial charge in [-0.1, -0.05) is 65.9 Å². The first-order chi connectivity index (χ1) is 14.7. The Hall–Kier alpha value is -3.71. The van der Waals surface area contributed by atoms with Crippen LogP contribution in [0.4, 0.5) is 5.13 Å². The molecule has 2 aromatic heterocycles. The number of rotatable bonds is 5. The molecule has 5 aromatic rings. The average molecular weight is 415 g/mol. The molecule has 7 heteroatoms. The first kappa shape index (κ1) is 18.3. The lowest BCUT2D eigenvalue weighted by molar-refractivity contribution is -0.119. The zero-order valence-electron chi connectivity index (χ0n) is 15.9. The minimum atomic E-state index is -0.548. The Kier molecular flexibility index (Phi) is 4.65. The van der Waals surface area contributed by atoms with E-state index in [1.165, 1.54) is 15.9 Å². The van der Waals surface area contributed by atoms with E-state index in [2.05, 4.69) is 4.98 Å². The zero-order valence-corrected chi connectivity index (χ0v) is 16.7. The predicted molar refractivity (Wildman–Crippen MR) is 118 cm³/mol. The zero-order chi connectivity index (χ0) is 20.5. The van der Waals surface area contributed by atoms with Crippen molar-refractivity contribution in [3.8, 4) is 0 Å². The third-order valence-electron chi connectivity index (χ3n) is 4.87. The van der Waals surface area contributed by atoms with Gasteiger partial charge in [0.25, 0.3) is 0 Å². The Morgan fingerprint density at radius 3 is 2.53 bits per heavy atom. The number of thiazole rings is 1. The van der Waals surface area contributed by atoms with E-state index < -0.39 is 5.76 Å². The third-order valence-corrected chi connectivity index (χ3v) is 5.92. The van der Waals surface area contributed by atoms with Crippen LogP contribution in [-0.2, 0) is 17.9 Å². The molecule has 0 saturated carbocycles. The summed E-state index contributed by atoms with van der Waals surface area (Å²) in [6.07, 6.45) is 0. The fraction of sp³-hybridized carbons (Fsp3) is 0.0870. The number of hydrogen-bond donors (Lipinski definition) is 0. The van der Waals surface area contributed by atoms with Crippen molar-refractivity contribution in [1.29, 1.82) is 0 Å². The molecule has 5 rings (SSSR count). The Morgan fingerprint density at radius 1 is 0.967 bits per heavy atom. The number of benzene rings is 3. The van der Waals surface area contributed by atoms with Gasteiger partial charge < -0.3 is 4.42 Å². The highest BCUT2D eigenvalue weighted by atomic mass is 32.1. The molecular weight excluding hydrogens is 398 g/mol. The standard InChI is InChI=1S/C23H17N3O3S/c27-21(15-25-18-11-5-6-12-19(18)29-23(25)28)26(14-16-8-2-1-3-9-16)22-24-17-10-4-7-13-20(17)30-22/h1-13H,14-15H2. The molecule has 6 nitrogen and oxygen atoms in total. The van der Waals surface area contributed by atoms with E-state index in [4.69, 9.17) is 4.42 Å². The lowest BCUT2D eigenvalue weighted by Gasteiger charge is -2.20. The molecule has 30 heavy (non-hydrogen) atoms. The molecule has 3 aromatic carbocycles. The average Bonchev–Trinajstić information content (AvgIpc) is 3.33. The maximum Gasteiger partial charge on any atom is 0.420 e. The molecule has 0 radical (unpaired) electrons. The number of hydrogen-bond acceptors (Lipinski definition) is 5. The number of aromatic nitrogens is 2. The van der Waals surface area contributed by atoms with Crippen LogP contribution in [0.1, 0.15) is 5.56 Å². The molecule has 0 N–H and O–H groups in total. The molecule has 1 amide bonds.